The van der Waals surface area contributed by atoms with Crippen molar-refractivity contribution in [3.05, 3.63) is 36.1 Å². The van der Waals surface area contributed by atoms with E-state index in [4.69, 9.17) is 0 Å². The third-order valence-electron chi connectivity index (χ3n) is 1.68. The van der Waals surface area contributed by atoms with Crippen LogP contribution < -0.4 is 5.32 Å². The molecule has 0 saturated heterocycles. The second-order valence-electron chi connectivity index (χ2n) is 2.39. The van der Waals surface area contributed by atoms with Gasteiger partial charge in [-0.15, -0.1) is 0 Å². The predicted octanol–water partition coefficient (Wildman–Crippen LogP) is 2.00. The van der Waals surface area contributed by atoms with Crippen LogP contribution in [0.15, 0.2) is 36.1 Å². The van der Waals surface area contributed by atoms with Crippen molar-refractivity contribution in [3.63, 3.8) is 0 Å². The first-order valence-electron chi connectivity index (χ1n) is 3.62. The summed E-state index contributed by atoms with van der Waals surface area (Å²) in [5, 5.41) is 3.14. The van der Waals surface area contributed by atoms with Gasteiger partial charge in [0.1, 0.15) is 0 Å². The van der Waals surface area contributed by atoms with Crippen LogP contribution >= 0.6 is 0 Å². The summed E-state index contributed by atoms with van der Waals surface area (Å²) in [6.45, 7) is 7.01. The molecule has 0 bridgehead atoms. The lowest BCUT2D eigenvalue weighted by Crippen LogP contribution is -2.13. The predicted molar refractivity (Wildman–Crippen MR) is 44.7 cm³/mol. The summed E-state index contributed by atoms with van der Waals surface area (Å²) < 4.78 is 0. The van der Waals surface area contributed by atoms with Gasteiger partial charge in [-0.05, 0) is 24.3 Å². The van der Waals surface area contributed by atoms with Crippen LogP contribution in [0.2, 0.25) is 0 Å². The van der Waals surface area contributed by atoms with Crippen LogP contribution in [0.4, 0.5) is 0 Å². The third-order valence-corrected chi connectivity index (χ3v) is 1.68. The minimum Gasteiger partial charge on any atom is -0.387 e. The Hall–Kier alpha value is -0.980. The zero-order valence-corrected chi connectivity index (χ0v) is 6.35. The molecule has 1 N–H and O–H groups in total. The van der Waals surface area contributed by atoms with Gasteiger partial charge >= 0.3 is 0 Å². The van der Waals surface area contributed by atoms with E-state index in [2.05, 4.69) is 24.9 Å². The maximum atomic E-state index is 3.95. The fourth-order valence-corrected chi connectivity index (χ4v) is 0.930. The number of hydrogen-bond acceptors (Lipinski definition) is 1. The minimum absolute atomic E-state index is 0.934. The molecule has 0 amide bonds. The number of dihydropyridines is 1. The van der Waals surface area contributed by atoms with E-state index in [-0.39, 0.29) is 0 Å². The fraction of sp³-hybridized carbons (Fsp3) is 0.333. The molecule has 0 aliphatic carbocycles. The number of nitrogens with one attached hydrogen (secondary N) is 1. The van der Waals surface area contributed by atoms with Gasteiger partial charge in [0.2, 0.25) is 0 Å². The first-order valence-corrected chi connectivity index (χ1v) is 3.62. The Morgan fingerprint density at radius 2 is 2.60 bits per heavy atom. The van der Waals surface area contributed by atoms with Crippen molar-refractivity contribution in [2.45, 2.75) is 13.3 Å². The van der Waals surface area contributed by atoms with Crippen LogP contribution in [0.5, 0.6) is 0 Å². The van der Waals surface area contributed by atoms with Crippen molar-refractivity contribution < 1.29 is 0 Å². The van der Waals surface area contributed by atoms with E-state index >= 15 is 0 Å². The Bertz CT molecular complexity index is 187. The molecule has 0 spiro atoms. The van der Waals surface area contributed by atoms with E-state index < -0.39 is 0 Å². The van der Waals surface area contributed by atoms with Crippen molar-refractivity contribution in [2.75, 3.05) is 6.54 Å². The standard InChI is InChI=1S/C9H13N/c1-3-8(2)9-5-4-6-10-7-9/h4-6,10H,2-3,7H2,1H3. The molecule has 1 aliphatic heterocycles. The lowest BCUT2D eigenvalue weighted by atomic mass is 10.0. The zero-order valence-electron chi connectivity index (χ0n) is 6.35. The quantitative estimate of drug-likeness (QED) is 0.610. The zero-order chi connectivity index (χ0) is 7.40. The average Bonchev–Trinajstić information content (AvgIpc) is 2.05. The Labute approximate surface area is 62.1 Å². The lowest BCUT2D eigenvalue weighted by molar-refractivity contribution is 0.909. The number of hydrogen-bond donors (Lipinski definition) is 1. The molecule has 1 aliphatic rings. The van der Waals surface area contributed by atoms with E-state index in [0.29, 0.717) is 0 Å². The van der Waals surface area contributed by atoms with E-state index in [1.54, 1.807) is 0 Å². The molecule has 1 heteroatoms. The largest absolute Gasteiger partial charge is 0.387 e. The topological polar surface area (TPSA) is 12.0 Å². The van der Waals surface area contributed by atoms with Crippen molar-refractivity contribution in [3.8, 4) is 0 Å². The highest BCUT2D eigenvalue weighted by Crippen LogP contribution is 2.11. The lowest BCUT2D eigenvalue weighted by Gasteiger charge is -2.11. The van der Waals surface area contributed by atoms with E-state index in [9.17, 15) is 0 Å². The molecule has 0 atom stereocenters. The van der Waals surface area contributed by atoms with Crippen LogP contribution in [-0.2, 0) is 0 Å². The Morgan fingerprint density at radius 1 is 1.80 bits per heavy atom. The summed E-state index contributed by atoms with van der Waals surface area (Å²) in [5.41, 5.74) is 2.56. The van der Waals surface area contributed by atoms with Crippen molar-refractivity contribution >= 4 is 0 Å². The van der Waals surface area contributed by atoms with Crippen LogP contribution in [0, 0.1) is 0 Å². The highest BCUT2D eigenvalue weighted by atomic mass is 14.8. The summed E-state index contributed by atoms with van der Waals surface area (Å²) in [6, 6.07) is 0. The SMILES string of the molecule is C=C(CC)C1=CC=CNC1. The molecule has 0 saturated carbocycles. The van der Waals surface area contributed by atoms with Crippen LogP contribution in [0.1, 0.15) is 13.3 Å². The van der Waals surface area contributed by atoms with E-state index in [1.165, 1.54) is 11.1 Å². The van der Waals surface area contributed by atoms with Gasteiger partial charge < -0.3 is 5.32 Å². The molecule has 0 aromatic rings. The van der Waals surface area contributed by atoms with E-state index in [1.807, 2.05) is 12.3 Å². The smallest absolute Gasteiger partial charge is 0.0397 e. The van der Waals surface area contributed by atoms with Crippen molar-refractivity contribution in [2.24, 2.45) is 0 Å². The van der Waals surface area contributed by atoms with Gasteiger partial charge in [-0.25, -0.2) is 0 Å². The molecule has 1 heterocycles. The average molecular weight is 135 g/mol. The Morgan fingerprint density at radius 3 is 3.10 bits per heavy atom. The molecule has 0 radical (unpaired) electrons. The van der Waals surface area contributed by atoms with Gasteiger partial charge in [-0.3, -0.25) is 0 Å². The molecule has 0 aromatic carbocycles. The van der Waals surface area contributed by atoms with Crippen molar-refractivity contribution in [1.82, 2.24) is 5.32 Å². The Kier molecular flexibility index (Phi) is 2.32. The van der Waals surface area contributed by atoms with Gasteiger partial charge in [0.15, 0.2) is 0 Å². The monoisotopic (exact) mass is 135 g/mol. The van der Waals surface area contributed by atoms with Gasteiger partial charge in [-0.1, -0.05) is 25.2 Å². The second-order valence-corrected chi connectivity index (χ2v) is 2.39. The van der Waals surface area contributed by atoms with Crippen molar-refractivity contribution in [1.29, 1.82) is 0 Å². The summed E-state index contributed by atoms with van der Waals surface area (Å²) in [6.07, 6.45) is 7.12. The van der Waals surface area contributed by atoms with Gasteiger partial charge in [0.25, 0.3) is 0 Å². The molecule has 0 fully saturated rings. The third kappa shape index (κ3) is 1.50. The van der Waals surface area contributed by atoms with Gasteiger partial charge in [0.05, 0.1) is 0 Å². The molecule has 0 unspecified atom stereocenters. The summed E-state index contributed by atoms with van der Waals surface area (Å²) in [5.74, 6) is 0. The molecular weight excluding hydrogens is 122 g/mol. The van der Waals surface area contributed by atoms with Gasteiger partial charge in [0, 0.05) is 6.54 Å². The molecule has 54 valence electrons. The van der Waals surface area contributed by atoms with Crippen LogP contribution in [0.25, 0.3) is 0 Å². The van der Waals surface area contributed by atoms with E-state index in [0.717, 1.165) is 13.0 Å². The highest BCUT2D eigenvalue weighted by Gasteiger charge is 1.99. The first-order chi connectivity index (χ1) is 4.84. The molecular formula is C9H13N. The van der Waals surface area contributed by atoms with Crippen LogP contribution in [-0.4, -0.2) is 6.54 Å². The summed E-state index contributed by atoms with van der Waals surface area (Å²) in [7, 11) is 0. The summed E-state index contributed by atoms with van der Waals surface area (Å²) >= 11 is 0. The number of allylic oxidation sites excluding steroid dienone is 2. The maximum Gasteiger partial charge on any atom is 0.0397 e. The summed E-state index contributed by atoms with van der Waals surface area (Å²) in [4.78, 5) is 0. The minimum atomic E-state index is 0.934. The highest BCUT2D eigenvalue weighted by molar-refractivity contribution is 5.34. The van der Waals surface area contributed by atoms with Crippen LogP contribution in [0.3, 0.4) is 0 Å². The molecule has 10 heavy (non-hydrogen) atoms. The first kappa shape index (κ1) is 7.13. The second kappa shape index (κ2) is 3.25. The molecule has 0 aromatic heterocycles. The Balaban J connectivity index is 2.62. The fourth-order valence-electron chi connectivity index (χ4n) is 0.930. The molecule has 1 rings (SSSR count). The molecule has 1 nitrogen and oxygen atoms in total. The maximum absolute atomic E-state index is 3.95. The van der Waals surface area contributed by atoms with Gasteiger partial charge in [-0.2, -0.15) is 0 Å². The normalized spacial score (nSPS) is 15.9. The number of rotatable bonds is 2.